The zero-order chi connectivity index (χ0) is 15.0. The van der Waals surface area contributed by atoms with Crippen LogP contribution in [0, 0.1) is 5.41 Å². The van der Waals surface area contributed by atoms with Crippen molar-refractivity contribution in [1.29, 1.82) is 0 Å². The van der Waals surface area contributed by atoms with Crippen molar-refractivity contribution in [3.63, 3.8) is 0 Å². The number of carbonyl (C=O) groups excluding carboxylic acids is 1. The summed E-state index contributed by atoms with van der Waals surface area (Å²) in [5.41, 5.74) is 7.60. The van der Waals surface area contributed by atoms with E-state index in [1.165, 1.54) is 10.4 Å². The molecule has 3 rings (SSSR count). The quantitative estimate of drug-likeness (QED) is 0.894. The van der Waals surface area contributed by atoms with Crippen LogP contribution in [0.25, 0.3) is 0 Å². The van der Waals surface area contributed by atoms with Gasteiger partial charge in [0.05, 0.1) is 6.54 Å². The van der Waals surface area contributed by atoms with Crippen LogP contribution in [-0.2, 0) is 17.8 Å². The van der Waals surface area contributed by atoms with Gasteiger partial charge in [0.1, 0.15) is 0 Å². The van der Waals surface area contributed by atoms with Gasteiger partial charge in [0.2, 0.25) is 5.91 Å². The molecule has 2 aliphatic rings. The van der Waals surface area contributed by atoms with E-state index in [-0.39, 0.29) is 29.8 Å². The van der Waals surface area contributed by atoms with Gasteiger partial charge in [-0.15, -0.1) is 23.7 Å². The topological polar surface area (TPSA) is 49.6 Å². The van der Waals surface area contributed by atoms with Crippen molar-refractivity contribution in [3.05, 3.63) is 21.9 Å². The average Bonchev–Trinajstić information content (AvgIpc) is 2.89. The van der Waals surface area contributed by atoms with Crippen molar-refractivity contribution in [2.45, 2.75) is 39.3 Å². The second-order valence-electron chi connectivity index (χ2n) is 7.03. The zero-order valence-electron chi connectivity index (χ0n) is 13.4. The Morgan fingerprint density at radius 3 is 2.95 bits per heavy atom. The number of rotatable bonds is 2. The van der Waals surface area contributed by atoms with E-state index in [1.807, 2.05) is 16.2 Å². The third kappa shape index (κ3) is 3.65. The molecule has 124 valence electrons. The lowest BCUT2D eigenvalue weighted by Gasteiger charge is -2.43. The van der Waals surface area contributed by atoms with Crippen LogP contribution in [0.3, 0.4) is 0 Å². The lowest BCUT2D eigenvalue weighted by molar-refractivity contribution is -0.134. The Hall–Kier alpha value is -0.620. The van der Waals surface area contributed by atoms with Crippen LogP contribution in [0.4, 0.5) is 0 Å². The molecular weight excluding hydrogens is 318 g/mol. The van der Waals surface area contributed by atoms with Gasteiger partial charge in [0, 0.05) is 37.1 Å². The monoisotopic (exact) mass is 343 g/mol. The smallest absolute Gasteiger partial charge is 0.237 e. The number of hydrogen-bond donors (Lipinski definition) is 1. The average molecular weight is 344 g/mol. The lowest BCUT2D eigenvalue weighted by Crippen LogP contribution is -2.54. The van der Waals surface area contributed by atoms with Crippen LogP contribution in [-0.4, -0.2) is 47.9 Å². The molecule has 4 nitrogen and oxygen atoms in total. The Labute approximate surface area is 143 Å². The van der Waals surface area contributed by atoms with Crippen molar-refractivity contribution in [2.75, 3.05) is 26.2 Å². The van der Waals surface area contributed by atoms with Crippen molar-refractivity contribution < 1.29 is 4.79 Å². The summed E-state index contributed by atoms with van der Waals surface area (Å²) >= 11 is 1.81. The van der Waals surface area contributed by atoms with Gasteiger partial charge in [-0.25, -0.2) is 0 Å². The van der Waals surface area contributed by atoms with E-state index in [9.17, 15) is 4.79 Å². The summed E-state index contributed by atoms with van der Waals surface area (Å²) in [7, 11) is 0. The van der Waals surface area contributed by atoms with Crippen molar-refractivity contribution in [3.8, 4) is 0 Å². The second kappa shape index (κ2) is 6.87. The molecule has 1 aromatic heterocycles. The number of fused-ring (bicyclic) bond motifs is 1. The van der Waals surface area contributed by atoms with Gasteiger partial charge in [-0.05, 0) is 35.3 Å². The first-order valence-corrected chi connectivity index (χ1v) is 8.64. The molecule has 0 spiro atoms. The molecule has 2 aliphatic heterocycles. The third-order valence-electron chi connectivity index (χ3n) is 4.91. The number of halogens is 1. The number of nitrogens with two attached hydrogens (primary N) is 1. The highest BCUT2D eigenvalue weighted by Gasteiger charge is 2.34. The first-order valence-electron chi connectivity index (χ1n) is 7.77. The largest absolute Gasteiger partial charge is 0.337 e. The summed E-state index contributed by atoms with van der Waals surface area (Å²) in [4.78, 5) is 18.3. The maximum Gasteiger partial charge on any atom is 0.237 e. The molecule has 2 N–H and O–H groups in total. The summed E-state index contributed by atoms with van der Waals surface area (Å²) in [6, 6.07) is 2.40. The predicted molar refractivity (Wildman–Crippen MR) is 93.5 cm³/mol. The lowest BCUT2D eigenvalue weighted by atomic mass is 9.80. The number of hydrogen-bond acceptors (Lipinski definition) is 4. The molecular formula is C16H26ClN3OS. The van der Waals surface area contributed by atoms with Crippen molar-refractivity contribution in [2.24, 2.45) is 11.1 Å². The highest BCUT2D eigenvalue weighted by atomic mass is 35.5. The van der Waals surface area contributed by atoms with E-state index in [4.69, 9.17) is 5.73 Å². The highest BCUT2D eigenvalue weighted by Crippen LogP contribution is 2.28. The Morgan fingerprint density at radius 1 is 1.45 bits per heavy atom. The van der Waals surface area contributed by atoms with Crippen LogP contribution in [0.2, 0.25) is 0 Å². The molecule has 1 atom stereocenters. The van der Waals surface area contributed by atoms with Gasteiger partial charge in [0.15, 0.2) is 0 Å². The molecule has 0 aliphatic carbocycles. The number of carbonyl (C=O) groups is 1. The van der Waals surface area contributed by atoms with Crippen LogP contribution in [0.1, 0.15) is 30.7 Å². The van der Waals surface area contributed by atoms with Crippen LogP contribution < -0.4 is 5.73 Å². The summed E-state index contributed by atoms with van der Waals surface area (Å²) in [6.45, 7) is 8.44. The summed E-state index contributed by atoms with van der Waals surface area (Å²) in [5, 5.41) is 2.13. The minimum atomic E-state index is 0. The molecule has 1 aromatic rings. The van der Waals surface area contributed by atoms with Gasteiger partial charge >= 0.3 is 0 Å². The second-order valence-corrected chi connectivity index (χ2v) is 8.03. The number of amides is 1. The van der Waals surface area contributed by atoms with Crippen molar-refractivity contribution >= 4 is 29.7 Å². The highest BCUT2D eigenvalue weighted by molar-refractivity contribution is 7.10. The normalized spacial score (nSPS) is 24.5. The van der Waals surface area contributed by atoms with E-state index in [1.54, 1.807) is 0 Å². The maximum atomic E-state index is 12.5. The first kappa shape index (κ1) is 17.7. The van der Waals surface area contributed by atoms with Crippen LogP contribution in [0.15, 0.2) is 11.4 Å². The van der Waals surface area contributed by atoms with E-state index in [0.29, 0.717) is 6.54 Å². The fraction of sp³-hybridized carbons (Fsp3) is 0.688. The standard InChI is InChI=1S/C16H25N3OS.ClH/c1-16(2)11-18(6-4-14(16)17)10-15(20)19-7-3-13-12(9-19)5-8-21-13;/h5,8,14H,3-4,6-7,9-11,17H2,1-2H3;1H. The minimum Gasteiger partial charge on any atom is -0.337 e. The molecule has 0 aromatic carbocycles. The van der Waals surface area contributed by atoms with E-state index >= 15 is 0 Å². The zero-order valence-corrected chi connectivity index (χ0v) is 15.0. The van der Waals surface area contributed by atoms with Crippen LogP contribution in [0.5, 0.6) is 0 Å². The number of thiophene rings is 1. The molecule has 6 heteroatoms. The van der Waals surface area contributed by atoms with Gasteiger partial charge in [-0.2, -0.15) is 0 Å². The number of likely N-dealkylation sites (tertiary alicyclic amines) is 1. The molecule has 0 saturated carbocycles. The van der Waals surface area contributed by atoms with E-state index < -0.39 is 0 Å². The molecule has 1 amide bonds. The number of nitrogens with zero attached hydrogens (tertiary/aromatic N) is 2. The minimum absolute atomic E-state index is 0. The third-order valence-corrected chi connectivity index (χ3v) is 5.93. The summed E-state index contributed by atoms with van der Waals surface area (Å²) in [5.74, 6) is 0.262. The van der Waals surface area contributed by atoms with Gasteiger partial charge in [0.25, 0.3) is 0 Å². The Kier molecular flexibility index (Phi) is 5.54. The van der Waals surface area contributed by atoms with E-state index in [2.05, 4.69) is 30.2 Å². The first-order chi connectivity index (χ1) is 9.95. The molecule has 3 heterocycles. The van der Waals surface area contributed by atoms with Gasteiger partial charge in [-0.3, -0.25) is 9.69 Å². The summed E-state index contributed by atoms with van der Waals surface area (Å²) in [6.07, 6.45) is 1.99. The molecule has 0 bridgehead atoms. The predicted octanol–water partition coefficient (Wildman–Crippen LogP) is 2.11. The van der Waals surface area contributed by atoms with E-state index in [0.717, 1.165) is 39.0 Å². The Bertz CT molecular complexity index is 531. The van der Waals surface area contributed by atoms with Crippen molar-refractivity contribution in [1.82, 2.24) is 9.80 Å². The molecule has 22 heavy (non-hydrogen) atoms. The fourth-order valence-electron chi connectivity index (χ4n) is 3.37. The fourth-order valence-corrected chi connectivity index (χ4v) is 4.26. The molecule has 1 unspecified atom stereocenters. The SMILES string of the molecule is CC1(C)CN(CC(=O)N2CCc3sccc3C2)CCC1N.Cl. The van der Waals surface area contributed by atoms with Gasteiger partial charge < -0.3 is 10.6 Å². The van der Waals surface area contributed by atoms with Gasteiger partial charge in [-0.1, -0.05) is 13.8 Å². The van der Waals surface area contributed by atoms with Crippen LogP contribution >= 0.6 is 23.7 Å². The number of piperidine rings is 1. The molecule has 1 fully saturated rings. The molecule has 1 saturated heterocycles. The molecule has 0 radical (unpaired) electrons. The maximum absolute atomic E-state index is 12.5. The Morgan fingerprint density at radius 2 is 2.23 bits per heavy atom. The Balaban J connectivity index is 0.00000176. The summed E-state index contributed by atoms with van der Waals surface area (Å²) < 4.78 is 0.